The van der Waals surface area contributed by atoms with Crippen LogP contribution in [-0.4, -0.2) is 12.0 Å². The van der Waals surface area contributed by atoms with Crippen molar-refractivity contribution < 1.29 is 13.2 Å². The topological polar surface area (TPSA) is 37.0 Å². The van der Waals surface area contributed by atoms with E-state index in [1.54, 1.807) is 24.3 Å². The number of halogens is 4. The maximum atomic E-state index is 12.8. The van der Waals surface area contributed by atoms with Crippen LogP contribution >= 0.6 is 11.6 Å². The molecule has 0 fully saturated rings. The normalized spacial score (nSPS) is 11.2. The number of aromatic nitrogens is 1. The Labute approximate surface area is 118 Å². The van der Waals surface area contributed by atoms with Crippen LogP contribution in [0.4, 0.5) is 30.5 Å². The van der Waals surface area contributed by atoms with Crippen molar-refractivity contribution >= 4 is 28.9 Å². The zero-order chi connectivity index (χ0) is 14.8. The summed E-state index contributed by atoms with van der Waals surface area (Å²) >= 11 is 5.75. The minimum Gasteiger partial charge on any atom is -0.373 e. The van der Waals surface area contributed by atoms with Crippen LogP contribution in [0, 0.1) is 0 Å². The first-order chi connectivity index (χ1) is 9.38. The Morgan fingerprint density at radius 1 is 1.05 bits per heavy atom. The summed E-state index contributed by atoms with van der Waals surface area (Å²) in [5.74, 6) is 0.239. The van der Waals surface area contributed by atoms with Crippen molar-refractivity contribution in [2.75, 3.05) is 17.7 Å². The average molecular weight is 302 g/mol. The number of hydrogen-bond acceptors (Lipinski definition) is 3. The smallest absolute Gasteiger partial charge is 0.373 e. The largest absolute Gasteiger partial charge is 0.416 e. The summed E-state index contributed by atoms with van der Waals surface area (Å²) in [6, 6.07) is 8.49. The molecule has 0 aliphatic carbocycles. The second kappa shape index (κ2) is 5.58. The van der Waals surface area contributed by atoms with Crippen molar-refractivity contribution in [3.8, 4) is 0 Å². The molecule has 2 rings (SSSR count). The minimum atomic E-state index is -4.43. The van der Waals surface area contributed by atoms with Gasteiger partial charge >= 0.3 is 6.18 Å². The van der Waals surface area contributed by atoms with Gasteiger partial charge in [-0.05, 0) is 36.4 Å². The Hall–Kier alpha value is -1.95. The number of nitrogens with one attached hydrogen (secondary N) is 2. The van der Waals surface area contributed by atoms with Crippen LogP contribution in [0.15, 0.2) is 36.4 Å². The first-order valence-electron chi connectivity index (χ1n) is 5.68. The van der Waals surface area contributed by atoms with E-state index >= 15 is 0 Å². The third kappa shape index (κ3) is 3.54. The van der Waals surface area contributed by atoms with Crippen LogP contribution in [0.25, 0.3) is 0 Å². The minimum absolute atomic E-state index is 0.103. The second-order valence-electron chi connectivity index (χ2n) is 4.01. The summed E-state index contributed by atoms with van der Waals surface area (Å²) in [6.45, 7) is 0. The van der Waals surface area contributed by atoms with Gasteiger partial charge < -0.3 is 10.6 Å². The second-order valence-corrected chi connectivity index (χ2v) is 4.44. The fourth-order valence-corrected chi connectivity index (χ4v) is 1.69. The van der Waals surface area contributed by atoms with E-state index in [4.69, 9.17) is 11.6 Å². The Kier molecular flexibility index (Phi) is 4.04. The molecule has 1 aromatic carbocycles. The standard InChI is InChI=1S/C13H11ClF3N3/c1-18-11-6-8(13(15,16)17)7-12(20-11)19-10-4-2-9(14)3-5-10/h2-7H,1H3,(H2,18,19,20). The third-order valence-corrected chi connectivity index (χ3v) is 2.78. The molecule has 0 saturated heterocycles. The highest BCUT2D eigenvalue weighted by molar-refractivity contribution is 6.30. The average Bonchev–Trinajstić information content (AvgIpc) is 2.40. The van der Waals surface area contributed by atoms with Gasteiger partial charge in [-0.3, -0.25) is 0 Å². The summed E-state index contributed by atoms with van der Waals surface area (Å²) in [7, 11) is 1.51. The molecule has 1 aromatic heterocycles. The number of hydrogen-bond donors (Lipinski definition) is 2. The van der Waals surface area contributed by atoms with Crippen LogP contribution in [0.1, 0.15) is 5.56 Å². The number of anilines is 3. The molecule has 0 saturated carbocycles. The van der Waals surface area contributed by atoms with Crippen LogP contribution in [-0.2, 0) is 6.18 Å². The van der Waals surface area contributed by atoms with Gasteiger partial charge in [0.05, 0.1) is 5.56 Å². The SMILES string of the molecule is CNc1cc(C(F)(F)F)cc(Nc2ccc(Cl)cc2)n1. The molecule has 7 heteroatoms. The highest BCUT2D eigenvalue weighted by Crippen LogP contribution is 2.32. The number of alkyl halides is 3. The van der Waals surface area contributed by atoms with Crippen molar-refractivity contribution in [2.45, 2.75) is 6.18 Å². The zero-order valence-corrected chi connectivity index (χ0v) is 11.2. The van der Waals surface area contributed by atoms with Gasteiger partial charge in [-0.15, -0.1) is 0 Å². The van der Waals surface area contributed by atoms with Crippen LogP contribution < -0.4 is 10.6 Å². The number of rotatable bonds is 3. The van der Waals surface area contributed by atoms with Crippen LogP contribution in [0.3, 0.4) is 0 Å². The molecule has 0 aliphatic heterocycles. The molecule has 3 nitrogen and oxygen atoms in total. The maximum Gasteiger partial charge on any atom is 0.416 e. The van der Waals surface area contributed by atoms with E-state index in [9.17, 15) is 13.2 Å². The summed E-state index contributed by atoms with van der Waals surface area (Å²) < 4.78 is 38.3. The lowest BCUT2D eigenvalue weighted by Crippen LogP contribution is -2.08. The molecule has 1 heterocycles. The molecule has 2 N–H and O–H groups in total. The molecule has 0 unspecified atom stereocenters. The fourth-order valence-electron chi connectivity index (χ4n) is 1.57. The zero-order valence-electron chi connectivity index (χ0n) is 10.4. The fraction of sp³-hybridized carbons (Fsp3) is 0.154. The van der Waals surface area contributed by atoms with Crippen LogP contribution in [0.2, 0.25) is 5.02 Å². The number of benzene rings is 1. The third-order valence-electron chi connectivity index (χ3n) is 2.53. The first kappa shape index (κ1) is 14.5. The lowest BCUT2D eigenvalue weighted by Gasteiger charge is -2.12. The molecule has 0 aliphatic rings. The highest BCUT2D eigenvalue weighted by Gasteiger charge is 2.31. The number of nitrogens with zero attached hydrogens (tertiary/aromatic N) is 1. The van der Waals surface area contributed by atoms with Gasteiger partial charge in [0.1, 0.15) is 11.6 Å². The summed E-state index contributed by atoms with van der Waals surface area (Å²) in [5, 5.41) is 5.96. The molecule has 20 heavy (non-hydrogen) atoms. The Bertz CT molecular complexity index is 597. The molecular weight excluding hydrogens is 291 g/mol. The summed E-state index contributed by atoms with van der Waals surface area (Å²) in [4.78, 5) is 4.03. The van der Waals surface area contributed by atoms with Gasteiger partial charge in [0.15, 0.2) is 0 Å². The van der Waals surface area contributed by atoms with E-state index in [1.807, 2.05) is 0 Å². The molecule has 2 aromatic rings. The van der Waals surface area contributed by atoms with E-state index in [1.165, 1.54) is 7.05 Å². The summed E-state index contributed by atoms with van der Waals surface area (Å²) in [6.07, 6.45) is -4.43. The van der Waals surface area contributed by atoms with E-state index < -0.39 is 11.7 Å². The van der Waals surface area contributed by atoms with Gasteiger partial charge in [0, 0.05) is 17.8 Å². The van der Waals surface area contributed by atoms with Crippen LogP contribution in [0.5, 0.6) is 0 Å². The molecular formula is C13H11ClF3N3. The predicted octanol–water partition coefficient (Wildman–Crippen LogP) is 4.54. The van der Waals surface area contributed by atoms with Gasteiger partial charge in [-0.25, -0.2) is 4.98 Å². The highest BCUT2D eigenvalue weighted by atomic mass is 35.5. The molecule has 0 radical (unpaired) electrons. The van der Waals surface area contributed by atoms with Gasteiger partial charge in [0.2, 0.25) is 0 Å². The lowest BCUT2D eigenvalue weighted by molar-refractivity contribution is -0.137. The molecule has 0 amide bonds. The Balaban J connectivity index is 2.33. The molecule has 0 atom stereocenters. The van der Waals surface area contributed by atoms with Gasteiger partial charge in [-0.1, -0.05) is 11.6 Å². The quantitative estimate of drug-likeness (QED) is 0.874. The number of pyridine rings is 1. The first-order valence-corrected chi connectivity index (χ1v) is 6.06. The Morgan fingerprint density at radius 3 is 2.20 bits per heavy atom. The van der Waals surface area contributed by atoms with E-state index in [-0.39, 0.29) is 11.6 Å². The van der Waals surface area contributed by atoms with Crippen molar-refractivity contribution in [1.82, 2.24) is 4.98 Å². The van der Waals surface area contributed by atoms with E-state index in [2.05, 4.69) is 15.6 Å². The molecule has 0 bridgehead atoms. The van der Waals surface area contributed by atoms with Gasteiger partial charge in [-0.2, -0.15) is 13.2 Å². The molecule has 0 spiro atoms. The van der Waals surface area contributed by atoms with Crippen molar-refractivity contribution in [1.29, 1.82) is 0 Å². The van der Waals surface area contributed by atoms with E-state index in [0.717, 1.165) is 12.1 Å². The lowest BCUT2D eigenvalue weighted by atomic mass is 10.2. The monoisotopic (exact) mass is 301 g/mol. The van der Waals surface area contributed by atoms with Gasteiger partial charge in [0.25, 0.3) is 0 Å². The van der Waals surface area contributed by atoms with Crippen molar-refractivity contribution in [3.05, 3.63) is 47.0 Å². The summed E-state index contributed by atoms with van der Waals surface area (Å²) in [5.41, 5.74) is -0.170. The Morgan fingerprint density at radius 2 is 1.65 bits per heavy atom. The van der Waals surface area contributed by atoms with E-state index in [0.29, 0.717) is 10.7 Å². The predicted molar refractivity (Wildman–Crippen MR) is 73.5 cm³/mol. The molecule has 106 valence electrons. The van der Waals surface area contributed by atoms with Crippen molar-refractivity contribution in [3.63, 3.8) is 0 Å². The van der Waals surface area contributed by atoms with Crippen molar-refractivity contribution in [2.24, 2.45) is 0 Å². The maximum absolute atomic E-state index is 12.8.